The maximum atomic E-state index is 13.4. The number of carbonyl (C=O) groups excluding carboxylic acids is 2. The summed E-state index contributed by atoms with van der Waals surface area (Å²) in [4.78, 5) is 28.9. The summed E-state index contributed by atoms with van der Waals surface area (Å²) in [6.45, 7) is 0.804. The normalized spacial score (nSPS) is 18.6. The first-order valence-electron chi connectivity index (χ1n) is 10.5. The van der Waals surface area contributed by atoms with Crippen LogP contribution in [0.25, 0.3) is 0 Å². The van der Waals surface area contributed by atoms with Crippen molar-refractivity contribution in [2.45, 2.75) is 31.7 Å². The van der Waals surface area contributed by atoms with E-state index in [-0.39, 0.29) is 30.3 Å². The summed E-state index contributed by atoms with van der Waals surface area (Å²) in [5.74, 6) is -0.114. The summed E-state index contributed by atoms with van der Waals surface area (Å²) < 4.78 is 5.17. The zero-order valence-electron chi connectivity index (χ0n) is 17.5. The van der Waals surface area contributed by atoms with Gasteiger partial charge in [-0.3, -0.25) is 9.59 Å². The number of thiophene rings is 1. The molecule has 2 heterocycles. The average Bonchev–Trinajstić information content (AvgIpc) is 3.40. The number of rotatable bonds is 8. The van der Waals surface area contributed by atoms with Crippen LogP contribution in [0.3, 0.4) is 0 Å². The van der Waals surface area contributed by atoms with E-state index in [0.29, 0.717) is 24.6 Å². The SMILES string of the molecule is COCCN(CC(=O)N1N=C(c2cccs2)CC1c1ccc(Cl)cc1)C(=O)C1CCC1. The van der Waals surface area contributed by atoms with Gasteiger partial charge in [0.2, 0.25) is 5.91 Å². The summed E-state index contributed by atoms with van der Waals surface area (Å²) >= 11 is 7.67. The Bertz CT molecular complexity index is 941. The van der Waals surface area contributed by atoms with Gasteiger partial charge in [0.1, 0.15) is 6.54 Å². The molecular weight excluding hydrogens is 434 g/mol. The Morgan fingerprint density at radius 3 is 2.65 bits per heavy atom. The lowest BCUT2D eigenvalue weighted by Crippen LogP contribution is -2.46. The third-order valence-electron chi connectivity index (χ3n) is 5.88. The van der Waals surface area contributed by atoms with E-state index in [4.69, 9.17) is 21.4 Å². The minimum atomic E-state index is -0.218. The van der Waals surface area contributed by atoms with E-state index in [0.717, 1.165) is 35.4 Å². The molecule has 1 aliphatic carbocycles. The number of hydrogen-bond donors (Lipinski definition) is 0. The molecule has 164 valence electrons. The summed E-state index contributed by atoms with van der Waals surface area (Å²) in [7, 11) is 1.60. The van der Waals surface area contributed by atoms with Crippen LogP contribution in [0.1, 0.15) is 42.2 Å². The van der Waals surface area contributed by atoms with Crippen LogP contribution < -0.4 is 0 Å². The molecule has 8 heteroatoms. The van der Waals surface area contributed by atoms with Crippen LogP contribution in [0.5, 0.6) is 0 Å². The van der Waals surface area contributed by atoms with Gasteiger partial charge in [0, 0.05) is 31.0 Å². The second-order valence-electron chi connectivity index (χ2n) is 7.91. The fraction of sp³-hybridized carbons (Fsp3) is 0.435. The predicted octanol–water partition coefficient (Wildman–Crippen LogP) is 4.35. The number of benzene rings is 1. The van der Waals surface area contributed by atoms with Gasteiger partial charge in [-0.15, -0.1) is 11.3 Å². The zero-order chi connectivity index (χ0) is 21.8. The van der Waals surface area contributed by atoms with Crippen molar-refractivity contribution >= 4 is 40.5 Å². The molecule has 0 bridgehead atoms. The number of halogens is 1. The van der Waals surface area contributed by atoms with E-state index in [1.807, 2.05) is 41.8 Å². The van der Waals surface area contributed by atoms with Gasteiger partial charge >= 0.3 is 0 Å². The van der Waals surface area contributed by atoms with Gasteiger partial charge in [0.25, 0.3) is 5.91 Å². The highest BCUT2D eigenvalue weighted by atomic mass is 35.5. The summed E-state index contributed by atoms with van der Waals surface area (Å²) in [5, 5.41) is 8.89. The molecule has 31 heavy (non-hydrogen) atoms. The molecule has 1 unspecified atom stereocenters. The molecule has 1 aromatic heterocycles. The smallest absolute Gasteiger partial charge is 0.262 e. The monoisotopic (exact) mass is 459 g/mol. The van der Waals surface area contributed by atoms with E-state index in [1.54, 1.807) is 28.4 Å². The standard InChI is InChI=1S/C23H26ClN3O3S/c1-30-12-11-26(23(29)17-4-2-5-17)15-22(28)27-20(16-7-9-18(24)10-8-16)14-19(25-27)21-6-3-13-31-21/h3,6-10,13,17,20H,2,4-5,11-12,14-15H2,1H3. The summed E-state index contributed by atoms with van der Waals surface area (Å²) in [6.07, 6.45) is 3.49. The van der Waals surface area contributed by atoms with Crippen molar-refractivity contribution in [3.63, 3.8) is 0 Å². The Morgan fingerprint density at radius 2 is 2.03 bits per heavy atom. The third-order valence-corrected chi connectivity index (χ3v) is 7.05. The Labute approximate surface area is 191 Å². The molecule has 2 amide bonds. The highest BCUT2D eigenvalue weighted by Crippen LogP contribution is 2.35. The molecule has 0 N–H and O–H groups in total. The minimum Gasteiger partial charge on any atom is -0.383 e. The van der Waals surface area contributed by atoms with Crippen LogP contribution >= 0.6 is 22.9 Å². The van der Waals surface area contributed by atoms with E-state index >= 15 is 0 Å². The van der Waals surface area contributed by atoms with Crippen molar-refractivity contribution in [3.8, 4) is 0 Å². The average molecular weight is 460 g/mol. The van der Waals surface area contributed by atoms with Gasteiger partial charge in [0.05, 0.1) is 23.2 Å². The summed E-state index contributed by atoms with van der Waals surface area (Å²) in [5.41, 5.74) is 1.86. The lowest BCUT2D eigenvalue weighted by atomic mass is 9.84. The maximum Gasteiger partial charge on any atom is 0.262 e. The number of methoxy groups -OCH3 is 1. The van der Waals surface area contributed by atoms with Gasteiger partial charge in [-0.2, -0.15) is 5.10 Å². The quantitative estimate of drug-likeness (QED) is 0.589. The van der Waals surface area contributed by atoms with Gasteiger partial charge in [-0.25, -0.2) is 5.01 Å². The Kier molecular flexibility index (Phi) is 7.05. The molecule has 0 radical (unpaired) electrons. The van der Waals surface area contributed by atoms with E-state index < -0.39 is 0 Å². The predicted molar refractivity (Wildman–Crippen MR) is 122 cm³/mol. The fourth-order valence-corrected chi connectivity index (χ4v) is 4.74. The summed E-state index contributed by atoms with van der Waals surface area (Å²) in [6, 6.07) is 11.3. The largest absolute Gasteiger partial charge is 0.383 e. The van der Waals surface area contributed by atoms with Gasteiger partial charge in [-0.1, -0.05) is 36.2 Å². The van der Waals surface area contributed by atoms with E-state index in [1.165, 1.54) is 0 Å². The van der Waals surface area contributed by atoms with Gasteiger partial charge < -0.3 is 9.64 Å². The van der Waals surface area contributed by atoms with Crippen LogP contribution in [0.2, 0.25) is 5.02 Å². The molecule has 1 atom stereocenters. The first-order valence-corrected chi connectivity index (χ1v) is 11.8. The Hall–Kier alpha value is -2.22. The fourth-order valence-electron chi connectivity index (χ4n) is 3.89. The molecule has 1 fully saturated rings. The second kappa shape index (κ2) is 9.94. The van der Waals surface area contributed by atoms with Crippen molar-refractivity contribution in [3.05, 3.63) is 57.2 Å². The first-order chi connectivity index (χ1) is 15.1. The Balaban J connectivity index is 1.56. The number of nitrogens with zero attached hydrogens (tertiary/aromatic N) is 3. The maximum absolute atomic E-state index is 13.4. The van der Waals surface area contributed by atoms with Crippen molar-refractivity contribution in [2.75, 3.05) is 26.8 Å². The topological polar surface area (TPSA) is 62.2 Å². The van der Waals surface area contributed by atoms with Crippen molar-refractivity contribution < 1.29 is 14.3 Å². The Morgan fingerprint density at radius 1 is 1.26 bits per heavy atom. The van der Waals surface area contributed by atoms with Crippen LogP contribution in [0.15, 0.2) is 46.9 Å². The number of hydrazone groups is 1. The molecule has 1 aliphatic heterocycles. The van der Waals surface area contributed by atoms with Crippen molar-refractivity contribution in [1.29, 1.82) is 0 Å². The molecule has 6 nitrogen and oxygen atoms in total. The number of hydrogen-bond acceptors (Lipinski definition) is 5. The highest BCUT2D eigenvalue weighted by molar-refractivity contribution is 7.12. The van der Waals surface area contributed by atoms with Crippen molar-refractivity contribution in [1.82, 2.24) is 9.91 Å². The third kappa shape index (κ3) is 5.00. The number of ether oxygens (including phenoxy) is 1. The molecule has 2 aromatic rings. The molecule has 1 saturated carbocycles. The van der Waals surface area contributed by atoms with Gasteiger partial charge in [0.15, 0.2) is 0 Å². The van der Waals surface area contributed by atoms with Gasteiger partial charge in [-0.05, 0) is 42.0 Å². The van der Waals surface area contributed by atoms with Crippen molar-refractivity contribution in [2.24, 2.45) is 11.0 Å². The van der Waals surface area contributed by atoms with E-state index in [9.17, 15) is 9.59 Å². The van der Waals surface area contributed by atoms with Crippen LogP contribution in [0.4, 0.5) is 0 Å². The highest BCUT2D eigenvalue weighted by Gasteiger charge is 2.36. The lowest BCUT2D eigenvalue weighted by Gasteiger charge is -2.32. The molecule has 4 rings (SSSR count). The first kappa shape index (κ1) is 22.0. The van der Waals surface area contributed by atoms with Crippen LogP contribution in [0, 0.1) is 5.92 Å². The molecular formula is C23H26ClN3O3S. The zero-order valence-corrected chi connectivity index (χ0v) is 19.1. The molecule has 2 aliphatic rings. The molecule has 1 aromatic carbocycles. The second-order valence-corrected chi connectivity index (χ2v) is 9.30. The molecule has 0 saturated heterocycles. The minimum absolute atomic E-state index is 0.00397. The van der Waals surface area contributed by atoms with Crippen LogP contribution in [-0.4, -0.2) is 54.2 Å². The van der Waals surface area contributed by atoms with E-state index in [2.05, 4.69) is 0 Å². The number of carbonyl (C=O) groups is 2. The number of amides is 2. The molecule has 0 spiro atoms. The van der Waals surface area contributed by atoms with Crippen LogP contribution in [-0.2, 0) is 14.3 Å². The lowest BCUT2D eigenvalue weighted by molar-refractivity contribution is -0.146.